The predicted molar refractivity (Wildman–Crippen MR) is 72.9 cm³/mol. The van der Waals surface area contributed by atoms with Crippen molar-refractivity contribution < 1.29 is 19.1 Å². The van der Waals surface area contributed by atoms with Crippen molar-refractivity contribution in [2.75, 3.05) is 6.61 Å². The monoisotopic (exact) mass is 298 g/mol. The molecule has 1 aromatic rings. The van der Waals surface area contributed by atoms with Gasteiger partial charge in [0.2, 0.25) is 5.91 Å². The molecule has 6 nitrogen and oxygen atoms in total. The summed E-state index contributed by atoms with van der Waals surface area (Å²) in [5.74, 6) is -1.42. The molecular formula is C13H15ClN2O4. The fraction of sp³-hybridized carbons (Fsp3) is 0.308. The average Bonchev–Trinajstić information content (AvgIpc) is 2.43. The standard InChI is InChI=1S/C13H15ClN2O4/c1-2-20-12(18)7-6-11(17)15-16-13(19)9-4-3-5-10(14)8-9/h3-5,8H,2,6-7H2,1H3,(H,15,17)(H,16,19). The van der Waals surface area contributed by atoms with Crippen LogP contribution in [0.3, 0.4) is 0 Å². The highest BCUT2D eigenvalue weighted by molar-refractivity contribution is 6.30. The molecule has 0 atom stereocenters. The Morgan fingerprint density at radius 3 is 2.60 bits per heavy atom. The zero-order valence-corrected chi connectivity index (χ0v) is 11.7. The lowest BCUT2D eigenvalue weighted by molar-refractivity contribution is -0.144. The van der Waals surface area contributed by atoms with Crippen molar-refractivity contribution in [1.29, 1.82) is 0 Å². The minimum absolute atomic E-state index is 0.0350. The van der Waals surface area contributed by atoms with Crippen LogP contribution >= 0.6 is 11.6 Å². The average molecular weight is 299 g/mol. The Bertz CT molecular complexity index is 505. The summed E-state index contributed by atoms with van der Waals surface area (Å²) in [4.78, 5) is 34.1. The molecule has 0 fully saturated rings. The van der Waals surface area contributed by atoms with Gasteiger partial charge < -0.3 is 4.74 Å². The minimum Gasteiger partial charge on any atom is -0.466 e. The van der Waals surface area contributed by atoms with Gasteiger partial charge in [0, 0.05) is 17.0 Å². The Kier molecular flexibility index (Phi) is 6.52. The van der Waals surface area contributed by atoms with E-state index in [4.69, 9.17) is 11.6 Å². The molecule has 0 aromatic heterocycles. The van der Waals surface area contributed by atoms with Gasteiger partial charge in [-0.15, -0.1) is 0 Å². The zero-order valence-electron chi connectivity index (χ0n) is 10.9. The molecule has 0 aliphatic rings. The molecule has 2 amide bonds. The van der Waals surface area contributed by atoms with E-state index in [0.717, 1.165) is 0 Å². The molecule has 0 bridgehead atoms. The molecule has 0 aliphatic heterocycles. The van der Waals surface area contributed by atoms with Crippen molar-refractivity contribution in [1.82, 2.24) is 10.9 Å². The van der Waals surface area contributed by atoms with Crippen molar-refractivity contribution >= 4 is 29.4 Å². The Labute approximate surface area is 121 Å². The van der Waals surface area contributed by atoms with Gasteiger partial charge in [-0.2, -0.15) is 0 Å². The van der Waals surface area contributed by atoms with Crippen LogP contribution in [0.4, 0.5) is 0 Å². The molecular weight excluding hydrogens is 284 g/mol. The van der Waals surface area contributed by atoms with Gasteiger partial charge in [-0.05, 0) is 25.1 Å². The second-order valence-corrected chi connectivity index (χ2v) is 4.25. The van der Waals surface area contributed by atoms with Crippen LogP contribution in [-0.4, -0.2) is 24.4 Å². The number of nitrogens with one attached hydrogen (secondary N) is 2. The van der Waals surface area contributed by atoms with E-state index < -0.39 is 17.8 Å². The van der Waals surface area contributed by atoms with Crippen LogP contribution in [0.2, 0.25) is 5.02 Å². The Balaban J connectivity index is 2.34. The quantitative estimate of drug-likeness (QED) is 0.636. The van der Waals surface area contributed by atoms with Crippen LogP contribution in [0, 0.1) is 0 Å². The summed E-state index contributed by atoms with van der Waals surface area (Å²) in [5, 5.41) is 0.422. The molecule has 1 rings (SSSR count). The molecule has 0 unspecified atom stereocenters. The molecule has 0 heterocycles. The summed E-state index contributed by atoms with van der Waals surface area (Å²) < 4.78 is 4.68. The highest BCUT2D eigenvalue weighted by atomic mass is 35.5. The van der Waals surface area contributed by atoms with Crippen LogP contribution in [0.1, 0.15) is 30.1 Å². The van der Waals surface area contributed by atoms with Crippen molar-refractivity contribution in [3.63, 3.8) is 0 Å². The van der Waals surface area contributed by atoms with E-state index in [1.165, 1.54) is 6.07 Å². The lowest BCUT2D eigenvalue weighted by atomic mass is 10.2. The number of benzene rings is 1. The smallest absolute Gasteiger partial charge is 0.306 e. The number of hydrogen-bond donors (Lipinski definition) is 2. The number of esters is 1. The predicted octanol–water partition coefficient (Wildman–Crippen LogP) is 1.44. The molecule has 20 heavy (non-hydrogen) atoms. The van der Waals surface area contributed by atoms with Gasteiger partial charge in [0.05, 0.1) is 13.0 Å². The summed E-state index contributed by atoms with van der Waals surface area (Å²) in [5.41, 5.74) is 4.76. The van der Waals surface area contributed by atoms with Gasteiger partial charge in [-0.3, -0.25) is 25.2 Å². The SMILES string of the molecule is CCOC(=O)CCC(=O)NNC(=O)c1cccc(Cl)c1. The number of halogens is 1. The van der Waals surface area contributed by atoms with Gasteiger partial charge >= 0.3 is 5.97 Å². The van der Waals surface area contributed by atoms with E-state index >= 15 is 0 Å². The van der Waals surface area contributed by atoms with Gasteiger partial charge in [0.15, 0.2) is 0 Å². The fourth-order valence-electron chi connectivity index (χ4n) is 1.34. The summed E-state index contributed by atoms with van der Waals surface area (Å²) in [6, 6.07) is 6.30. The second-order valence-electron chi connectivity index (χ2n) is 3.82. The maximum atomic E-state index is 11.7. The van der Waals surface area contributed by atoms with E-state index in [2.05, 4.69) is 15.6 Å². The van der Waals surface area contributed by atoms with E-state index in [9.17, 15) is 14.4 Å². The number of rotatable bonds is 5. The molecule has 108 valence electrons. The number of hydrogen-bond acceptors (Lipinski definition) is 4. The first kappa shape index (κ1) is 16.0. The number of amides is 2. The van der Waals surface area contributed by atoms with Crippen molar-refractivity contribution in [2.45, 2.75) is 19.8 Å². The third-order valence-corrected chi connectivity index (χ3v) is 2.50. The number of carbonyl (C=O) groups is 3. The minimum atomic E-state index is -0.489. The largest absolute Gasteiger partial charge is 0.466 e. The highest BCUT2D eigenvalue weighted by Gasteiger charge is 2.10. The van der Waals surface area contributed by atoms with Crippen molar-refractivity contribution in [2.24, 2.45) is 0 Å². The molecule has 2 N–H and O–H groups in total. The molecule has 0 saturated heterocycles. The molecule has 0 aliphatic carbocycles. The Hall–Kier alpha value is -2.08. The van der Waals surface area contributed by atoms with Crippen LogP contribution in [0.25, 0.3) is 0 Å². The third-order valence-electron chi connectivity index (χ3n) is 2.26. The molecule has 0 saturated carbocycles. The highest BCUT2D eigenvalue weighted by Crippen LogP contribution is 2.10. The molecule has 1 aromatic carbocycles. The fourth-order valence-corrected chi connectivity index (χ4v) is 1.53. The van der Waals surface area contributed by atoms with Crippen LogP contribution in [-0.2, 0) is 14.3 Å². The van der Waals surface area contributed by atoms with Crippen LogP contribution in [0.15, 0.2) is 24.3 Å². The molecule has 0 spiro atoms. The first-order valence-electron chi connectivity index (χ1n) is 6.03. The summed E-state index contributed by atoms with van der Waals surface area (Å²) >= 11 is 5.75. The normalized spacial score (nSPS) is 9.70. The van der Waals surface area contributed by atoms with Crippen LogP contribution < -0.4 is 10.9 Å². The first-order chi connectivity index (χ1) is 9.52. The lowest BCUT2D eigenvalue weighted by Crippen LogP contribution is -2.41. The van der Waals surface area contributed by atoms with Gasteiger partial charge in [0.1, 0.15) is 0 Å². The van der Waals surface area contributed by atoms with Crippen molar-refractivity contribution in [3.05, 3.63) is 34.9 Å². The van der Waals surface area contributed by atoms with Gasteiger partial charge in [-0.25, -0.2) is 0 Å². The van der Waals surface area contributed by atoms with Gasteiger partial charge in [0.25, 0.3) is 5.91 Å². The zero-order chi connectivity index (χ0) is 15.0. The summed E-state index contributed by atoms with van der Waals surface area (Å²) in [6.45, 7) is 1.95. The Morgan fingerprint density at radius 2 is 1.95 bits per heavy atom. The topological polar surface area (TPSA) is 84.5 Å². The number of hydrazine groups is 1. The molecule has 0 radical (unpaired) electrons. The maximum absolute atomic E-state index is 11.7. The van der Waals surface area contributed by atoms with Crippen molar-refractivity contribution in [3.8, 4) is 0 Å². The molecule has 7 heteroatoms. The summed E-state index contributed by atoms with van der Waals surface area (Å²) in [7, 11) is 0. The number of carbonyl (C=O) groups excluding carboxylic acids is 3. The van der Waals surface area contributed by atoms with E-state index in [-0.39, 0.29) is 19.4 Å². The van der Waals surface area contributed by atoms with E-state index in [1.54, 1.807) is 25.1 Å². The summed E-state index contributed by atoms with van der Waals surface area (Å²) in [6.07, 6.45) is -0.0959. The van der Waals surface area contributed by atoms with E-state index in [1.807, 2.05) is 0 Å². The number of ether oxygens (including phenoxy) is 1. The maximum Gasteiger partial charge on any atom is 0.306 e. The Morgan fingerprint density at radius 1 is 1.20 bits per heavy atom. The third kappa shape index (κ3) is 5.71. The second kappa shape index (κ2) is 8.16. The van der Waals surface area contributed by atoms with E-state index in [0.29, 0.717) is 10.6 Å². The van der Waals surface area contributed by atoms with Gasteiger partial charge in [-0.1, -0.05) is 17.7 Å². The lowest BCUT2D eigenvalue weighted by Gasteiger charge is -2.07. The van der Waals surface area contributed by atoms with Crippen LogP contribution in [0.5, 0.6) is 0 Å². The first-order valence-corrected chi connectivity index (χ1v) is 6.41.